The fraction of sp³-hybridized carbons (Fsp3) is 0.115. The molecule has 0 bridgehead atoms. The highest BCUT2D eigenvalue weighted by molar-refractivity contribution is 8.00. The second kappa shape index (κ2) is 11.5. The van der Waals surface area contributed by atoms with Gasteiger partial charge in [-0.1, -0.05) is 18.2 Å². The molecule has 7 nitrogen and oxygen atoms in total. The summed E-state index contributed by atoms with van der Waals surface area (Å²) < 4.78 is 10.5. The third-order valence-electron chi connectivity index (χ3n) is 4.95. The predicted molar refractivity (Wildman–Crippen MR) is 141 cm³/mol. The Labute approximate surface area is 211 Å². The normalized spacial score (nSPS) is 10.5. The Balaban J connectivity index is 1.32. The van der Waals surface area contributed by atoms with Gasteiger partial charge in [0.25, 0.3) is 5.91 Å². The monoisotopic (exact) mass is 505 g/mol. The Morgan fingerprint density at radius 3 is 2.51 bits per heavy atom. The third kappa shape index (κ3) is 6.40. The van der Waals surface area contributed by atoms with Crippen LogP contribution < -0.4 is 20.1 Å². The lowest BCUT2D eigenvalue weighted by Gasteiger charge is -2.08. The van der Waals surface area contributed by atoms with Gasteiger partial charge in [0.15, 0.2) is 5.13 Å². The maximum absolute atomic E-state index is 12.5. The Morgan fingerprint density at radius 1 is 0.943 bits per heavy atom. The molecule has 0 fully saturated rings. The van der Waals surface area contributed by atoms with Gasteiger partial charge < -0.3 is 20.1 Å². The Kier molecular flexibility index (Phi) is 8.02. The molecule has 178 valence electrons. The number of para-hydroxylation sites is 1. The molecule has 4 rings (SSSR count). The lowest BCUT2D eigenvalue weighted by molar-refractivity contribution is -0.113. The van der Waals surface area contributed by atoms with Crippen molar-refractivity contribution in [2.75, 3.05) is 30.6 Å². The molecule has 4 aromatic rings. The SMILES string of the molecule is COc1ccc(C(=O)Nc2cccc(SCC(=O)Nc3nc(-c4ccccc4OC)cs3)c2)cc1. The highest BCUT2D eigenvalue weighted by Crippen LogP contribution is 2.32. The maximum atomic E-state index is 12.5. The van der Waals surface area contributed by atoms with Gasteiger partial charge in [0.05, 0.1) is 25.7 Å². The molecule has 2 N–H and O–H groups in total. The number of rotatable bonds is 9. The van der Waals surface area contributed by atoms with Gasteiger partial charge in [-0.15, -0.1) is 23.1 Å². The Morgan fingerprint density at radius 2 is 1.74 bits per heavy atom. The largest absolute Gasteiger partial charge is 0.497 e. The number of nitrogens with zero attached hydrogens (tertiary/aromatic N) is 1. The average molecular weight is 506 g/mol. The van der Waals surface area contributed by atoms with Crippen LogP contribution in [0.1, 0.15) is 10.4 Å². The van der Waals surface area contributed by atoms with Crippen molar-refractivity contribution in [3.8, 4) is 22.8 Å². The standard InChI is InChI=1S/C26H23N3O4S2/c1-32-19-12-10-17(11-13-19)25(31)27-18-6-5-7-20(14-18)34-16-24(30)29-26-28-22(15-35-26)21-8-3-4-9-23(21)33-2/h3-15H,16H2,1-2H3,(H,27,31)(H,28,29,30). The van der Waals surface area contributed by atoms with Crippen LogP contribution in [-0.4, -0.2) is 36.8 Å². The van der Waals surface area contributed by atoms with Gasteiger partial charge in [0, 0.05) is 27.1 Å². The molecule has 0 aliphatic heterocycles. The Bertz CT molecular complexity index is 1320. The summed E-state index contributed by atoms with van der Waals surface area (Å²) in [6.07, 6.45) is 0. The number of carbonyl (C=O) groups is 2. The summed E-state index contributed by atoms with van der Waals surface area (Å²) in [7, 11) is 3.19. The number of methoxy groups -OCH3 is 2. The number of thioether (sulfide) groups is 1. The van der Waals surface area contributed by atoms with Gasteiger partial charge in [-0.2, -0.15) is 0 Å². The van der Waals surface area contributed by atoms with Gasteiger partial charge in [0.1, 0.15) is 11.5 Å². The minimum Gasteiger partial charge on any atom is -0.497 e. The van der Waals surface area contributed by atoms with Crippen LogP contribution in [0.25, 0.3) is 11.3 Å². The van der Waals surface area contributed by atoms with Crippen molar-refractivity contribution in [1.82, 2.24) is 4.98 Å². The minimum atomic E-state index is -0.220. The molecule has 1 aromatic heterocycles. The number of thiazole rings is 1. The van der Waals surface area contributed by atoms with E-state index in [1.807, 2.05) is 47.8 Å². The number of amides is 2. The highest BCUT2D eigenvalue weighted by atomic mass is 32.2. The molecule has 35 heavy (non-hydrogen) atoms. The molecule has 0 atom stereocenters. The van der Waals surface area contributed by atoms with Gasteiger partial charge in [0.2, 0.25) is 5.91 Å². The number of nitrogens with one attached hydrogen (secondary N) is 2. The topological polar surface area (TPSA) is 89.5 Å². The molecule has 0 saturated carbocycles. The zero-order chi connectivity index (χ0) is 24.6. The molecule has 9 heteroatoms. The smallest absolute Gasteiger partial charge is 0.255 e. The fourth-order valence-electron chi connectivity index (χ4n) is 3.22. The van der Waals surface area contributed by atoms with Crippen molar-refractivity contribution < 1.29 is 19.1 Å². The summed E-state index contributed by atoms with van der Waals surface area (Å²) in [5.74, 6) is 1.24. The predicted octanol–water partition coefficient (Wildman–Crippen LogP) is 5.81. The second-order valence-electron chi connectivity index (χ2n) is 7.29. The molecule has 0 radical (unpaired) electrons. The van der Waals surface area contributed by atoms with Crippen LogP contribution in [0.15, 0.2) is 83.1 Å². The van der Waals surface area contributed by atoms with Crippen molar-refractivity contribution in [2.24, 2.45) is 0 Å². The van der Waals surface area contributed by atoms with Crippen molar-refractivity contribution in [2.45, 2.75) is 4.90 Å². The van der Waals surface area contributed by atoms with Crippen molar-refractivity contribution in [3.05, 3.63) is 83.7 Å². The quantitative estimate of drug-likeness (QED) is 0.279. The van der Waals surface area contributed by atoms with E-state index < -0.39 is 0 Å². The summed E-state index contributed by atoms with van der Waals surface area (Å²) in [5, 5.41) is 8.13. The van der Waals surface area contributed by atoms with Gasteiger partial charge in [-0.3, -0.25) is 9.59 Å². The number of benzene rings is 3. The van der Waals surface area contributed by atoms with Gasteiger partial charge in [-0.25, -0.2) is 4.98 Å². The van der Waals surface area contributed by atoms with E-state index in [0.717, 1.165) is 21.9 Å². The molecular weight excluding hydrogens is 482 g/mol. The van der Waals surface area contributed by atoms with Crippen LogP contribution in [-0.2, 0) is 4.79 Å². The highest BCUT2D eigenvalue weighted by Gasteiger charge is 2.12. The minimum absolute atomic E-state index is 0.163. The average Bonchev–Trinajstić information content (AvgIpc) is 3.36. The van der Waals surface area contributed by atoms with Crippen LogP contribution in [0.3, 0.4) is 0 Å². The van der Waals surface area contributed by atoms with Crippen LogP contribution in [0.5, 0.6) is 11.5 Å². The molecule has 2 amide bonds. The summed E-state index contributed by atoms with van der Waals surface area (Å²) in [6.45, 7) is 0. The van der Waals surface area contributed by atoms with Crippen molar-refractivity contribution >= 4 is 45.7 Å². The maximum Gasteiger partial charge on any atom is 0.255 e. The zero-order valence-corrected chi connectivity index (χ0v) is 20.7. The van der Waals surface area contributed by atoms with E-state index in [9.17, 15) is 9.59 Å². The second-order valence-corrected chi connectivity index (χ2v) is 9.19. The van der Waals surface area contributed by atoms with Gasteiger partial charge >= 0.3 is 0 Å². The van der Waals surface area contributed by atoms with E-state index in [1.165, 1.54) is 23.1 Å². The van der Waals surface area contributed by atoms with Crippen LogP contribution in [0, 0.1) is 0 Å². The number of hydrogen-bond acceptors (Lipinski definition) is 7. The number of anilines is 2. The molecule has 0 aliphatic carbocycles. The number of ether oxygens (including phenoxy) is 2. The lowest BCUT2D eigenvalue weighted by atomic mass is 10.1. The van der Waals surface area contributed by atoms with Crippen LogP contribution >= 0.6 is 23.1 Å². The van der Waals surface area contributed by atoms with Crippen molar-refractivity contribution in [3.63, 3.8) is 0 Å². The first-order valence-electron chi connectivity index (χ1n) is 10.6. The van der Waals surface area contributed by atoms with E-state index in [2.05, 4.69) is 15.6 Å². The molecule has 0 unspecified atom stereocenters. The molecule has 0 spiro atoms. The van der Waals surface area contributed by atoms with E-state index in [1.54, 1.807) is 44.6 Å². The summed E-state index contributed by atoms with van der Waals surface area (Å²) in [4.78, 5) is 30.4. The molecular formula is C26H23N3O4S2. The van der Waals surface area contributed by atoms with E-state index in [0.29, 0.717) is 22.1 Å². The van der Waals surface area contributed by atoms with Crippen molar-refractivity contribution in [1.29, 1.82) is 0 Å². The van der Waals surface area contributed by atoms with Gasteiger partial charge in [-0.05, 0) is 54.6 Å². The van der Waals surface area contributed by atoms with Crippen LogP contribution in [0.4, 0.5) is 10.8 Å². The summed E-state index contributed by atoms with van der Waals surface area (Å²) in [5.41, 5.74) is 2.79. The van der Waals surface area contributed by atoms with Crippen LogP contribution in [0.2, 0.25) is 0 Å². The fourth-order valence-corrected chi connectivity index (χ4v) is 4.71. The van der Waals surface area contributed by atoms with E-state index in [-0.39, 0.29) is 17.6 Å². The lowest BCUT2D eigenvalue weighted by Crippen LogP contribution is -2.14. The Hall–Kier alpha value is -3.82. The first-order chi connectivity index (χ1) is 17.1. The first-order valence-corrected chi connectivity index (χ1v) is 12.5. The third-order valence-corrected chi connectivity index (χ3v) is 6.70. The molecule has 3 aromatic carbocycles. The van der Waals surface area contributed by atoms with E-state index >= 15 is 0 Å². The number of hydrogen-bond donors (Lipinski definition) is 2. The summed E-state index contributed by atoms with van der Waals surface area (Å²) >= 11 is 2.74. The van der Waals surface area contributed by atoms with E-state index in [4.69, 9.17) is 9.47 Å². The molecule has 0 saturated heterocycles. The summed E-state index contributed by atoms with van der Waals surface area (Å²) in [6, 6.07) is 21.9. The zero-order valence-electron chi connectivity index (χ0n) is 19.1. The first kappa shape index (κ1) is 24.3. The molecule has 0 aliphatic rings. The molecule has 1 heterocycles. The number of carbonyl (C=O) groups excluding carboxylic acids is 2. The number of aromatic nitrogens is 1.